The molecule has 0 aliphatic rings. The quantitative estimate of drug-likeness (QED) is 0.773. The van der Waals surface area contributed by atoms with Crippen LogP contribution in [0, 0.1) is 0 Å². The largest absolute Gasteiger partial charge is 0.487 e. The first-order valence-corrected chi connectivity index (χ1v) is 5.86. The Kier molecular flexibility index (Phi) is 2.94. The summed E-state index contributed by atoms with van der Waals surface area (Å²) in [5.74, 6) is 1.18. The lowest BCUT2D eigenvalue weighted by molar-refractivity contribution is 0.304. The van der Waals surface area contributed by atoms with Gasteiger partial charge in [-0.25, -0.2) is 4.98 Å². The Labute approximate surface area is 110 Å². The smallest absolute Gasteiger partial charge is 0.141 e. The van der Waals surface area contributed by atoms with Crippen molar-refractivity contribution in [3.63, 3.8) is 0 Å². The maximum Gasteiger partial charge on any atom is 0.141 e. The zero-order chi connectivity index (χ0) is 13.1. The highest BCUT2D eigenvalue weighted by molar-refractivity contribution is 5.84. The molecule has 0 fully saturated rings. The molecule has 5 heteroatoms. The fourth-order valence-electron chi connectivity index (χ4n) is 1.79. The van der Waals surface area contributed by atoms with Gasteiger partial charge in [0.2, 0.25) is 0 Å². The molecule has 0 radical (unpaired) electrons. The number of aromatic nitrogens is 3. The van der Waals surface area contributed by atoms with Crippen LogP contribution in [0.3, 0.4) is 0 Å². The molecule has 2 heterocycles. The molecule has 0 spiro atoms. The summed E-state index contributed by atoms with van der Waals surface area (Å²) in [7, 11) is 0. The Hall–Kier alpha value is -2.69. The second-order valence-corrected chi connectivity index (χ2v) is 4.05. The molecule has 0 aliphatic heterocycles. The van der Waals surface area contributed by atoms with Gasteiger partial charge >= 0.3 is 0 Å². The average Bonchev–Trinajstić information content (AvgIpc) is 2.47. The van der Waals surface area contributed by atoms with Gasteiger partial charge in [-0.1, -0.05) is 6.07 Å². The summed E-state index contributed by atoms with van der Waals surface area (Å²) in [6, 6.07) is 9.64. The van der Waals surface area contributed by atoms with Crippen molar-refractivity contribution in [2.45, 2.75) is 6.61 Å². The summed E-state index contributed by atoms with van der Waals surface area (Å²) in [6.45, 7) is 0.348. The number of nitrogens with zero attached hydrogens (tertiary/aromatic N) is 3. The molecule has 3 aromatic rings. The summed E-state index contributed by atoms with van der Waals surface area (Å²) < 4.78 is 5.76. The molecule has 0 aliphatic carbocycles. The maximum absolute atomic E-state index is 5.76. The minimum absolute atomic E-state index is 0.348. The molecule has 3 rings (SSSR count). The number of fused-ring (bicyclic) bond motifs is 1. The second kappa shape index (κ2) is 4.89. The Morgan fingerprint density at radius 3 is 2.79 bits per heavy atom. The number of rotatable bonds is 3. The number of nitrogen functional groups attached to an aromatic ring is 1. The first-order valence-electron chi connectivity index (χ1n) is 5.86. The van der Waals surface area contributed by atoms with E-state index in [9.17, 15) is 0 Å². The van der Waals surface area contributed by atoms with Crippen LogP contribution in [0.15, 0.2) is 48.9 Å². The normalized spacial score (nSPS) is 10.5. The number of hydrogen-bond donors (Lipinski definition) is 1. The van der Waals surface area contributed by atoms with Gasteiger partial charge in [0.05, 0.1) is 23.6 Å². The van der Waals surface area contributed by atoms with Gasteiger partial charge in [-0.2, -0.15) is 0 Å². The monoisotopic (exact) mass is 252 g/mol. The lowest BCUT2D eigenvalue weighted by atomic mass is 10.2. The zero-order valence-electron chi connectivity index (χ0n) is 10.2. The second-order valence-electron chi connectivity index (χ2n) is 4.05. The fourth-order valence-corrected chi connectivity index (χ4v) is 1.79. The van der Waals surface area contributed by atoms with Crippen molar-refractivity contribution in [3.8, 4) is 5.75 Å². The van der Waals surface area contributed by atoms with Gasteiger partial charge in [0.15, 0.2) is 0 Å². The van der Waals surface area contributed by atoms with Gasteiger partial charge in [0, 0.05) is 11.6 Å². The first-order chi connectivity index (χ1) is 9.33. The molecule has 0 saturated carbocycles. The molecule has 2 aromatic heterocycles. The van der Waals surface area contributed by atoms with E-state index in [4.69, 9.17) is 10.5 Å². The molecule has 19 heavy (non-hydrogen) atoms. The SMILES string of the molecule is Nc1cnc(COc2cccc3ncccc23)cn1. The molecule has 5 nitrogen and oxygen atoms in total. The van der Waals surface area contributed by atoms with Gasteiger partial charge in [0.1, 0.15) is 18.2 Å². The van der Waals surface area contributed by atoms with E-state index in [0.29, 0.717) is 12.4 Å². The molecule has 94 valence electrons. The van der Waals surface area contributed by atoms with Gasteiger partial charge in [0.25, 0.3) is 0 Å². The third-order valence-electron chi connectivity index (χ3n) is 2.71. The van der Waals surface area contributed by atoms with Crippen LogP contribution >= 0.6 is 0 Å². The number of pyridine rings is 1. The van der Waals surface area contributed by atoms with Gasteiger partial charge < -0.3 is 10.5 Å². The summed E-state index contributed by atoms with van der Waals surface area (Å²) in [6.07, 6.45) is 4.89. The van der Waals surface area contributed by atoms with Crippen LogP contribution in [0.4, 0.5) is 5.82 Å². The van der Waals surface area contributed by atoms with Gasteiger partial charge in [-0.05, 0) is 24.3 Å². The van der Waals surface area contributed by atoms with E-state index in [-0.39, 0.29) is 0 Å². The first kappa shape index (κ1) is 11.4. The molecule has 0 amide bonds. The fraction of sp³-hybridized carbons (Fsp3) is 0.0714. The molecule has 0 atom stereocenters. The maximum atomic E-state index is 5.76. The van der Waals surface area contributed by atoms with E-state index in [0.717, 1.165) is 22.3 Å². The Morgan fingerprint density at radius 1 is 1.00 bits per heavy atom. The summed E-state index contributed by atoms with van der Waals surface area (Å²) in [5, 5.41) is 0.980. The molecule has 2 N–H and O–H groups in total. The third-order valence-corrected chi connectivity index (χ3v) is 2.71. The topological polar surface area (TPSA) is 73.9 Å². The van der Waals surface area contributed by atoms with E-state index < -0.39 is 0 Å². The highest BCUT2D eigenvalue weighted by Crippen LogP contribution is 2.24. The lowest BCUT2D eigenvalue weighted by Gasteiger charge is -2.08. The van der Waals surface area contributed by atoms with Gasteiger partial charge in [-0.3, -0.25) is 9.97 Å². The average molecular weight is 252 g/mol. The van der Waals surface area contributed by atoms with Crippen molar-refractivity contribution in [1.82, 2.24) is 15.0 Å². The lowest BCUT2D eigenvalue weighted by Crippen LogP contribution is -2.01. The number of hydrogen-bond acceptors (Lipinski definition) is 5. The van der Waals surface area contributed by atoms with Crippen molar-refractivity contribution >= 4 is 16.7 Å². The Morgan fingerprint density at radius 2 is 1.95 bits per heavy atom. The van der Waals surface area contributed by atoms with E-state index in [1.54, 1.807) is 12.4 Å². The summed E-state index contributed by atoms with van der Waals surface area (Å²) >= 11 is 0. The molecule has 0 saturated heterocycles. The highest BCUT2D eigenvalue weighted by atomic mass is 16.5. The predicted octanol–water partition coefficient (Wildman–Crippen LogP) is 2.19. The minimum Gasteiger partial charge on any atom is -0.487 e. The molecular weight excluding hydrogens is 240 g/mol. The molecule has 1 aromatic carbocycles. The van der Waals surface area contributed by atoms with Crippen LogP contribution < -0.4 is 10.5 Å². The van der Waals surface area contributed by atoms with Crippen LogP contribution in [0.2, 0.25) is 0 Å². The van der Waals surface area contributed by atoms with Gasteiger partial charge in [-0.15, -0.1) is 0 Å². The van der Waals surface area contributed by atoms with E-state index in [1.807, 2.05) is 30.3 Å². The number of anilines is 1. The standard InChI is InChI=1S/C14H12N4O/c15-14-8-17-10(7-18-14)9-19-13-5-1-4-12-11(13)3-2-6-16-12/h1-8H,9H2,(H2,15,18). The van der Waals surface area contributed by atoms with E-state index >= 15 is 0 Å². The molecule has 0 bridgehead atoms. The predicted molar refractivity (Wildman–Crippen MR) is 72.5 cm³/mol. The summed E-state index contributed by atoms with van der Waals surface area (Å²) in [5.41, 5.74) is 7.12. The number of nitrogens with two attached hydrogens (primary N) is 1. The van der Waals surface area contributed by atoms with Crippen LogP contribution in [0.1, 0.15) is 5.69 Å². The van der Waals surface area contributed by atoms with Crippen molar-refractivity contribution in [1.29, 1.82) is 0 Å². The summed E-state index contributed by atoms with van der Waals surface area (Å²) in [4.78, 5) is 12.4. The Bertz CT molecular complexity index is 692. The van der Waals surface area contributed by atoms with Crippen molar-refractivity contribution in [2.24, 2.45) is 0 Å². The van der Waals surface area contributed by atoms with E-state index in [1.165, 1.54) is 6.20 Å². The molecule has 0 unspecified atom stereocenters. The van der Waals surface area contributed by atoms with Crippen molar-refractivity contribution < 1.29 is 4.74 Å². The van der Waals surface area contributed by atoms with Crippen molar-refractivity contribution in [3.05, 3.63) is 54.6 Å². The van der Waals surface area contributed by atoms with Crippen LogP contribution in [-0.4, -0.2) is 15.0 Å². The van der Waals surface area contributed by atoms with Crippen LogP contribution in [-0.2, 0) is 6.61 Å². The van der Waals surface area contributed by atoms with E-state index in [2.05, 4.69) is 15.0 Å². The zero-order valence-corrected chi connectivity index (χ0v) is 10.2. The van der Waals surface area contributed by atoms with Crippen LogP contribution in [0.5, 0.6) is 5.75 Å². The van der Waals surface area contributed by atoms with Crippen molar-refractivity contribution in [2.75, 3.05) is 5.73 Å². The number of ether oxygens (including phenoxy) is 1. The Balaban J connectivity index is 1.84. The molecular formula is C14H12N4O. The van der Waals surface area contributed by atoms with Crippen LogP contribution in [0.25, 0.3) is 10.9 Å². The highest BCUT2D eigenvalue weighted by Gasteiger charge is 2.03. The third kappa shape index (κ3) is 2.44. The number of benzene rings is 1. The minimum atomic E-state index is 0.348.